The molecule has 0 radical (unpaired) electrons. The summed E-state index contributed by atoms with van der Waals surface area (Å²) < 4.78 is 18.0. The lowest BCUT2D eigenvalue weighted by Crippen LogP contribution is -2.22. The zero-order chi connectivity index (χ0) is 30.6. The number of methoxy groups -OCH3 is 2. The van der Waals surface area contributed by atoms with Gasteiger partial charge in [-0.15, -0.1) is 0 Å². The van der Waals surface area contributed by atoms with E-state index in [4.69, 9.17) is 14.2 Å². The molecule has 0 fully saturated rings. The van der Waals surface area contributed by atoms with E-state index >= 15 is 0 Å². The Morgan fingerprint density at radius 3 is 1.91 bits per heavy atom. The first kappa shape index (κ1) is 28.9. The van der Waals surface area contributed by atoms with Crippen molar-refractivity contribution in [2.45, 2.75) is 19.8 Å². The van der Waals surface area contributed by atoms with Gasteiger partial charge in [-0.2, -0.15) is 0 Å². The molecule has 0 amide bonds. The minimum absolute atomic E-state index is 0.298. The first-order valence-electron chi connectivity index (χ1n) is 14.9. The Bertz CT molecular complexity index is 1730. The van der Waals surface area contributed by atoms with Crippen molar-refractivity contribution in [3.8, 4) is 17.2 Å². The molecule has 1 aliphatic rings. The van der Waals surface area contributed by atoms with E-state index in [9.17, 15) is 4.79 Å². The summed E-state index contributed by atoms with van der Waals surface area (Å²) in [6.45, 7) is 6.05. The second-order valence-corrected chi connectivity index (χ2v) is 10.6. The van der Waals surface area contributed by atoms with Crippen LogP contribution < -0.4 is 19.3 Å². The van der Waals surface area contributed by atoms with Crippen LogP contribution in [-0.4, -0.2) is 33.3 Å². The SMILES string of the molecule is CCN(CC)c1ccc2c(c1)Oc1cc(OC)c(N(c3ccccc3)c3ccccc3)cc1C2c1ccccc1C(=O)OC. The maximum Gasteiger partial charge on any atom is 0.338 e. The first-order chi connectivity index (χ1) is 21.6. The fourth-order valence-electron chi connectivity index (χ4n) is 6.10. The van der Waals surface area contributed by atoms with E-state index in [2.05, 4.69) is 72.2 Å². The van der Waals surface area contributed by atoms with Gasteiger partial charge in [0.25, 0.3) is 0 Å². The summed E-state index contributed by atoms with van der Waals surface area (Å²) in [6.07, 6.45) is 0. The van der Waals surface area contributed by atoms with E-state index in [0.717, 1.165) is 58.3 Å². The van der Waals surface area contributed by atoms with Gasteiger partial charge < -0.3 is 24.0 Å². The quantitative estimate of drug-likeness (QED) is 0.158. The standard InChI is InChI=1S/C38H36N2O4/c1-5-39(6-2)28-21-22-31-34(23-28)44-35-25-36(42-3)33(40(26-15-9-7-10-16-26)27-17-11-8-12-18-27)24-32(35)37(31)29-19-13-14-20-30(29)38(41)43-4/h7-25,37H,5-6H2,1-4H3. The summed E-state index contributed by atoms with van der Waals surface area (Å²) in [5.41, 5.74) is 7.20. The van der Waals surface area contributed by atoms with Gasteiger partial charge in [-0.1, -0.05) is 60.7 Å². The average molecular weight is 585 g/mol. The second-order valence-electron chi connectivity index (χ2n) is 10.6. The Balaban J connectivity index is 1.62. The molecule has 1 aliphatic heterocycles. The van der Waals surface area contributed by atoms with Crippen molar-refractivity contribution in [1.82, 2.24) is 0 Å². The Hall–Kier alpha value is -5.23. The van der Waals surface area contributed by atoms with Gasteiger partial charge in [0, 0.05) is 59.3 Å². The Kier molecular flexibility index (Phi) is 8.24. The number of carbonyl (C=O) groups excluding carboxylic acids is 1. The molecular weight excluding hydrogens is 548 g/mol. The molecule has 6 heteroatoms. The number of hydrogen-bond acceptors (Lipinski definition) is 6. The monoisotopic (exact) mass is 584 g/mol. The molecule has 0 spiro atoms. The van der Waals surface area contributed by atoms with Crippen molar-refractivity contribution < 1.29 is 19.0 Å². The molecule has 0 saturated carbocycles. The molecule has 1 heterocycles. The van der Waals surface area contributed by atoms with Crippen LogP contribution >= 0.6 is 0 Å². The molecule has 0 bridgehead atoms. The van der Waals surface area contributed by atoms with E-state index in [1.807, 2.05) is 66.7 Å². The van der Waals surface area contributed by atoms with Gasteiger partial charge in [-0.3, -0.25) is 0 Å². The minimum Gasteiger partial charge on any atom is -0.494 e. The van der Waals surface area contributed by atoms with E-state index in [1.54, 1.807) is 7.11 Å². The third-order valence-corrected chi connectivity index (χ3v) is 8.23. The topological polar surface area (TPSA) is 51.2 Å². The van der Waals surface area contributed by atoms with Crippen LogP contribution in [0.2, 0.25) is 0 Å². The van der Waals surface area contributed by atoms with Gasteiger partial charge in [0.2, 0.25) is 0 Å². The summed E-state index contributed by atoms with van der Waals surface area (Å²) >= 11 is 0. The third-order valence-electron chi connectivity index (χ3n) is 8.23. The van der Waals surface area contributed by atoms with E-state index < -0.39 is 0 Å². The van der Waals surface area contributed by atoms with Crippen LogP contribution in [0.3, 0.4) is 0 Å². The molecule has 5 aromatic carbocycles. The van der Waals surface area contributed by atoms with Gasteiger partial charge >= 0.3 is 5.97 Å². The van der Waals surface area contributed by atoms with E-state index in [0.29, 0.717) is 17.1 Å². The number of hydrogen-bond donors (Lipinski definition) is 0. The number of anilines is 4. The number of ether oxygens (including phenoxy) is 3. The van der Waals surface area contributed by atoms with Crippen molar-refractivity contribution in [2.75, 3.05) is 37.1 Å². The molecule has 0 saturated heterocycles. The Morgan fingerprint density at radius 1 is 0.682 bits per heavy atom. The highest BCUT2D eigenvalue weighted by Crippen LogP contribution is 2.53. The summed E-state index contributed by atoms with van der Waals surface area (Å²) in [7, 11) is 3.10. The molecule has 0 aromatic heterocycles. The van der Waals surface area contributed by atoms with E-state index in [1.165, 1.54) is 7.11 Å². The number of fused-ring (bicyclic) bond motifs is 2. The number of rotatable bonds is 9. The van der Waals surface area contributed by atoms with Gasteiger partial charge in [0.05, 0.1) is 25.5 Å². The van der Waals surface area contributed by atoms with Gasteiger partial charge in [-0.05, 0) is 61.9 Å². The summed E-state index contributed by atoms with van der Waals surface area (Å²) in [5, 5.41) is 0. The molecule has 44 heavy (non-hydrogen) atoms. The highest BCUT2D eigenvalue weighted by Gasteiger charge is 2.34. The number of nitrogens with zero attached hydrogens (tertiary/aromatic N) is 2. The molecule has 6 nitrogen and oxygen atoms in total. The van der Waals surface area contributed by atoms with Crippen LogP contribution in [0.1, 0.15) is 46.8 Å². The van der Waals surface area contributed by atoms with Crippen molar-refractivity contribution >= 4 is 28.7 Å². The van der Waals surface area contributed by atoms with Crippen LogP contribution in [0.5, 0.6) is 17.2 Å². The van der Waals surface area contributed by atoms with Crippen LogP contribution in [0, 0.1) is 0 Å². The van der Waals surface area contributed by atoms with Crippen molar-refractivity contribution in [2.24, 2.45) is 0 Å². The molecule has 5 aromatic rings. The predicted molar refractivity (Wildman–Crippen MR) is 176 cm³/mol. The highest BCUT2D eigenvalue weighted by atomic mass is 16.5. The smallest absolute Gasteiger partial charge is 0.338 e. The minimum atomic E-state index is -0.376. The molecule has 0 aliphatic carbocycles. The number of carbonyl (C=O) groups is 1. The van der Waals surface area contributed by atoms with Gasteiger partial charge in [0.15, 0.2) is 0 Å². The summed E-state index contributed by atoms with van der Waals surface area (Å²) in [4.78, 5) is 17.6. The van der Waals surface area contributed by atoms with Crippen LogP contribution in [-0.2, 0) is 4.74 Å². The van der Waals surface area contributed by atoms with Crippen molar-refractivity contribution in [3.05, 3.63) is 138 Å². The van der Waals surface area contributed by atoms with Crippen LogP contribution in [0.15, 0.2) is 115 Å². The van der Waals surface area contributed by atoms with Gasteiger partial charge in [0.1, 0.15) is 17.2 Å². The van der Waals surface area contributed by atoms with Crippen molar-refractivity contribution in [1.29, 1.82) is 0 Å². The Labute approximate surface area is 259 Å². The van der Waals surface area contributed by atoms with Crippen LogP contribution in [0.4, 0.5) is 22.7 Å². The maximum atomic E-state index is 13.1. The highest BCUT2D eigenvalue weighted by molar-refractivity contribution is 5.92. The number of para-hydroxylation sites is 2. The molecule has 222 valence electrons. The number of esters is 1. The van der Waals surface area contributed by atoms with E-state index in [-0.39, 0.29) is 11.9 Å². The third kappa shape index (κ3) is 5.24. The van der Waals surface area contributed by atoms with Crippen molar-refractivity contribution in [3.63, 3.8) is 0 Å². The molecule has 1 unspecified atom stereocenters. The maximum absolute atomic E-state index is 13.1. The van der Waals surface area contributed by atoms with Crippen LogP contribution in [0.25, 0.3) is 0 Å². The first-order valence-corrected chi connectivity index (χ1v) is 14.9. The normalized spacial score (nSPS) is 13.2. The summed E-state index contributed by atoms with van der Waals surface area (Å²) in [5.74, 6) is 1.43. The zero-order valence-corrected chi connectivity index (χ0v) is 25.5. The molecule has 1 atom stereocenters. The Morgan fingerprint density at radius 2 is 1.30 bits per heavy atom. The molecule has 6 rings (SSSR count). The lowest BCUT2D eigenvalue weighted by Gasteiger charge is -2.34. The number of benzene rings is 5. The summed E-state index contributed by atoms with van der Waals surface area (Å²) in [6, 6.07) is 38.6. The predicted octanol–water partition coefficient (Wildman–Crippen LogP) is 9.08. The fraction of sp³-hybridized carbons (Fsp3) is 0.184. The lowest BCUT2D eigenvalue weighted by molar-refractivity contribution is 0.0599. The zero-order valence-electron chi connectivity index (χ0n) is 25.5. The van der Waals surface area contributed by atoms with Gasteiger partial charge in [-0.25, -0.2) is 4.79 Å². The molecular formula is C38H36N2O4. The largest absolute Gasteiger partial charge is 0.494 e. The average Bonchev–Trinajstić information content (AvgIpc) is 3.08. The second kappa shape index (κ2) is 12.6. The lowest BCUT2D eigenvalue weighted by atomic mass is 9.80. The fourth-order valence-corrected chi connectivity index (χ4v) is 6.10. The molecule has 0 N–H and O–H groups in total.